The lowest BCUT2D eigenvalue weighted by atomic mass is 9.98. The van der Waals surface area contributed by atoms with Crippen molar-refractivity contribution in [2.75, 3.05) is 5.32 Å². The summed E-state index contributed by atoms with van der Waals surface area (Å²) in [6, 6.07) is 0.599. The zero-order valence-corrected chi connectivity index (χ0v) is 12.2. The fourth-order valence-electron chi connectivity index (χ4n) is 2.90. The summed E-state index contributed by atoms with van der Waals surface area (Å²) in [6.45, 7) is 10.1. The molecular formula is C15H27N3. The van der Waals surface area contributed by atoms with Gasteiger partial charge in [0.1, 0.15) is 0 Å². The van der Waals surface area contributed by atoms with Crippen molar-refractivity contribution in [3.05, 3.63) is 11.9 Å². The Hall–Kier alpha value is -0.990. The Balaban J connectivity index is 2.04. The maximum atomic E-state index is 4.64. The Bertz CT molecular complexity index is 383. The smallest absolute Gasteiger partial charge is 0.203 e. The van der Waals surface area contributed by atoms with Crippen LogP contribution in [0.3, 0.4) is 0 Å². The summed E-state index contributed by atoms with van der Waals surface area (Å²) in [5.41, 5.74) is 1.12. The molecule has 0 saturated heterocycles. The van der Waals surface area contributed by atoms with E-state index in [1.165, 1.54) is 25.7 Å². The van der Waals surface area contributed by atoms with Crippen LogP contribution in [-0.2, 0) is 6.54 Å². The lowest BCUT2D eigenvalue weighted by Gasteiger charge is -2.20. The van der Waals surface area contributed by atoms with Crippen molar-refractivity contribution in [2.45, 2.75) is 66.0 Å². The first kappa shape index (κ1) is 13.4. The monoisotopic (exact) mass is 249 g/mol. The summed E-state index contributed by atoms with van der Waals surface area (Å²) in [7, 11) is 0. The first-order valence-electron chi connectivity index (χ1n) is 7.42. The van der Waals surface area contributed by atoms with Crippen LogP contribution < -0.4 is 5.32 Å². The lowest BCUT2D eigenvalue weighted by Crippen LogP contribution is -2.25. The van der Waals surface area contributed by atoms with Gasteiger partial charge in [0, 0.05) is 18.8 Å². The third kappa shape index (κ3) is 2.88. The van der Waals surface area contributed by atoms with Gasteiger partial charge in [-0.2, -0.15) is 0 Å². The first-order chi connectivity index (χ1) is 8.61. The largest absolute Gasteiger partial charge is 0.353 e. The maximum absolute atomic E-state index is 4.64. The third-order valence-corrected chi connectivity index (χ3v) is 4.43. The Morgan fingerprint density at radius 2 is 2.17 bits per heavy atom. The van der Waals surface area contributed by atoms with Crippen molar-refractivity contribution in [2.24, 2.45) is 11.8 Å². The van der Waals surface area contributed by atoms with Gasteiger partial charge in [-0.3, -0.25) is 0 Å². The molecule has 102 valence electrons. The molecule has 1 saturated carbocycles. The van der Waals surface area contributed by atoms with E-state index in [1.807, 2.05) is 0 Å². The van der Waals surface area contributed by atoms with Gasteiger partial charge in [0.25, 0.3) is 0 Å². The molecule has 0 amide bonds. The van der Waals surface area contributed by atoms with Crippen molar-refractivity contribution in [3.8, 4) is 0 Å². The van der Waals surface area contributed by atoms with Crippen LogP contribution >= 0.6 is 0 Å². The minimum Gasteiger partial charge on any atom is -0.353 e. The van der Waals surface area contributed by atoms with Crippen LogP contribution in [0.2, 0.25) is 0 Å². The second-order valence-electron chi connectivity index (χ2n) is 5.92. The molecule has 3 unspecified atom stereocenters. The number of aryl methyl sites for hydroxylation is 2. The number of unbranched alkanes of at least 4 members (excludes halogenated alkanes) is 1. The number of hydrogen-bond donors (Lipinski definition) is 1. The summed E-state index contributed by atoms with van der Waals surface area (Å²) in [5.74, 6) is 2.66. The summed E-state index contributed by atoms with van der Waals surface area (Å²) < 4.78 is 2.29. The van der Waals surface area contributed by atoms with Gasteiger partial charge in [0.2, 0.25) is 5.95 Å². The number of anilines is 1. The minimum atomic E-state index is 0.599. The van der Waals surface area contributed by atoms with E-state index in [9.17, 15) is 0 Å². The normalized spacial score (nSPS) is 27.7. The highest BCUT2D eigenvalue weighted by molar-refractivity contribution is 5.31. The number of nitrogens with zero attached hydrogens (tertiary/aromatic N) is 2. The molecule has 0 bridgehead atoms. The lowest BCUT2D eigenvalue weighted by molar-refractivity contribution is 0.433. The summed E-state index contributed by atoms with van der Waals surface area (Å²) in [5, 5.41) is 3.67. The molecule has 18 heavy (non-hydrogen) atoms. The number of imidazole rings is 1. The second-order valence-corrected chi connectivity index (χ2v) is 5.92. The predicted octanol–water partition coefficient (Wildman–Crippen LogP) is 3.84. The molecule has 3 heteroatoms. The Labute approximate surface area is 111 Å². The zero-order chi connectivity index (χ0) is 13.1. The molecule has 1 aliphatic rings. The summed E-state index contributed by atoms with van der Waals surface area (Å²) in [6.07, 6.45) is 7.24. The molecule has 1 aromatic rings. The van der Waals surface area contributed by atoms with Gasteiger partial charge >= 0.3 is 0 Å². The number of nitrogens with one attached hydrogen (secondary N) is 1. The topological polar surface area (TPSA) is 29.9 Å². The summed E-state index contributed by atoms with van der Waals surface area (Å²) in [4.78, 5) is 4.64. The zero-order valence-electron chi connectivity index (χ0n) is 12.2. The van der Waals surface area contributed by atoms with Gasteiger partial charge in [-0.05, 0) is 38.0 Å². The van der Waals surface area contributed by atoms with Crippen LogP contribution in [0.25, 0.3) is 0 Å². The van der Waals surface area contributed by atoms with E-state index in [0.29, 0.717) is 6.04 Å². The molecule has 0 radical (unpaired) electrons. The van der Waals surface area contributed by atoms with E-state index in [1.54, 1.807) is 0 Å². The molecule has 1 fully saturated rings. The fraction of sp³-hybridized carbons (Fsp3) is 0.800. The van der Waals surface area contributed by atoms with Crippen LogP contribution in [0, 0.1) is 18.8 Å². The maximum Gasteiger partial charge on any atom is 0.203 e. The highest BCUT2D eigenvalue weighted by atomic mass is 15.2. The van der Waals surface area contributed by atoms with Gasteiger partial charge in [0.05, 0.1) is 5.69 Å². The standard InChI is InChI=1S/C15H27N3/c1-5-6-9-18-10-12(3)16-15(18)17-14-8-7-11(2)13(14)4/h10-11,13-14H,5-9H2,1-4H3,(H,16,17). The van der Waals surface area contributed by atoms with Crippen LogP contribution in [0.5, 0.6) is 0 Å². The van der Waals surface area contributed by atoms with Crippen LogP contribution in [0.1, 0.15) is 52.1 Å². The van der Waals surface area contributed by atoms with Crippen molar-refractivity contribution in [1.82, 2.24) is 9.55 Å². The fourth-order valence-corrected chi connectivity index (χ4v) is 2.90. The van der Waals surface area contributed by atoms with E-state index in [-0.39, 0.29) is 0 Å². The summed E-state index contributed by atoms with van der Waals surface area (Å²) >= 11 is 0. The predicted molar refractivity (Wildman–Crippen MR) is 76.8 cm³/mol. The van der Waals surface area contributed by atoms with E-state index >= 15 is 0 Å². The van der Waals surface area contributed by atoms with Crippen molar-refractivity contribution >= 4 is 5.95 Å². The molecular weight excluding hydrogens is 222 g/mol. The Morgan fingerprint density at radius 3 is 2.78 bits per heavy atom. The van der Waals surface area contributed by atoms with Gasteiger partial charge in [-0.25, -0.2) is 4.98 Å². The Morgan fingerprint density at radius 1 is 1.39 bits per heavy atom. The Kier molecular flexibility index (Phi) is 4.31. The van der Waals surface area contributed by atoms with E-state index in [2.05, 4.69) is 48.8 Å². The first-order valence-corrected chi connectivity index (χ1v) is 7.42. The van der Waals surface area contributed by atoms with E-state index in [0.717, 1.165) is 30.0 Å². The molecule has 3 nitrogen and oxygen atoms in total. The van der Waals surface area contributed by atoms with Gasteiger partial charge in [-0.15, -0.1) is 0 Å². The van der Waals surface area contributed by atoms with Gasteiger partial charge in [0.15, 0.2) is 0 Å². The molecule has 2 rings (SSSR count). The SMILES string of the molecule is CCCCn1cc(C)nc1NC1CCC(C)C1C. The van der Waals surface area contributed by atoms with Crippen molar-refractivity contribution in [1.29, 1.82) is 0 Å². The number of aromatic nitrogens is 2. The van der Waals surface area contributed by atoms with Crippen LogP contribution in [0.4, 0.5) is 5.95 Å². The molecule has 1 aliphatic carbocycles. The quantitative estimate of drug-likeness (QED) is 0.859. The molecule has 1 N–H and O–H groups in total. The number of rotatable bonds is 5. The van der Waals surface area contributed by atoms with E-state index in [4.69, 9.17) is 0 Å². The average molecular weight is 249 g/mol. The highest BCUT2D eigenvalue weighted by Crippen LogP contribution is 2.33. The third-order valence-electron chi connectivity index (χ3n) is 4.43. The molecule has 1 heterocycles. The molecule has 3 atom stereocenters. The molecule has 0 spiro atoms. The van der Waals surface area contributed by atoms with Gasteiger partial charge in [-0.1, -0.05) is 27.2 Å². The average Bonchev–Trinajstić information content (AvgIpc) is 2.84. The second kappa shape index (κ2) is 5.77. The molecule has 0 aliphatic heterocycles. The van der Waals surface area contributed by atoms with Crippen molar-refractivity contribution in [3.63, 3.8) is 0 Å². The molecule has 1 aromatic heterocycles. The van der Waals surface area contributed by atoms with Crippen LogP contribution in [0.15, 0.2) is 6.20 Å². The number of hydrogen-bond acceptors (Lipinski definition) is 2. The molecule has 0 aromatic carbocycles. The highest BCUT2D eigenvalue weighted by Gasteiger charge is 2.30. The minimum absolute atomic E-state index is 0.599. The van der Waals surface area contributed by atoms with Crippen LogP contribution in [-0.4, -0.2) is 15.6 Å². The van der Waals surface area contributed by atoms with Crippen molar-refractivity contribution < 1.29 is 0 Å². The van der Waals surface area contributed by atoms with E-state index < -0.39 is 0 Å². The van der Waals surface area contributed by atoms with Gasteiger partial charge < -0.3 is 9.88 Å².